The van der Waals surface area contributed by atoms with Crippen LogP contribution in [0.5, 0.6) is 0 Å². The Kier molecular flexibility index (Phi) is 6.94. The second kappa shape index (κ2) is 8.72. The van der Waals surface area contributed by atoms with Gasteiger partial charge in [0.25, 0.3) is 0 Å². The molecule has 0 aliphatic carbocycles. The van der Waals surface area contributed by atoms with Crippen molar-refractivity contribution in [3.8, 4) is 0 Å². The molecule has 0 spiro atoms. The predicted molar refractivity (Wildman–Crippen MR) is 88.4 cm³/mol. The Morgan fingerprint density at radius 3 is 3.09 bits per heavy atom. The van der Waals surface area contributed by atoms with Crippen LogP contribution in [-0.4, -0.2) is 45.9 Å². The molecule has 23 heavy (non-hydrogen) atoms. The van der Waals surface area contributed by atoms with Crippen LogP contribution in [0, 0.1) is 0 Å². The maximum absolute atomic E-state index is 10.3. The van der Waals surface area contributed by atoms with Crippen LogP contribution in [0.3, 0.4) is 0 Å². The Morgan fingerprint density at radius 2 is 2.39 bits per heavy atom. The monoisotopic (exact) mass is 360 g/mol. The van der Waals surface area contributed by atoms with Crippen molar-refractivity contribution in [2.24, 2.45) is 5.73 Å². The largest absolute Gasteiger partial charge is 0.388 e. The van der Waals surface area contributed by atoms with E-state index in [1.165, 1.54) is 0 Å². The molecule has 3 rings (SSSR count). The molecule has 0 amide bonds. The van der Waals surface area contributed by atoms with Crippen molar-refractivity contribution < 1.29 is 14.4 Å². The molecule has 0 saturated carbocycles. The van der Waals surface area contributed by atoms with Crippen LogP contribution in [0.15, 0.2) is 22.0 Å². The summed E-state index contributed by atoms with van der Waals surface area (Å²) in [4.78, 5) is 7.45. The second-order valence-electron chi connectivity index (χ2n) is 5.27. The molecule has 1 fully saturated rings. The summed E-state index contributed by atoms with van der Waals surface area (Å²) in [6.07, 6.45) is 0.154. The molecule has 2 atom stereocenters. The van der Waals surface area contributed by atoms with Crippen LogP contribution in [0.4, 0.5) is 0 Å². The molecule has 1 saturated heterocycles. The zero-order valence-corrected chi connectivity index (χ0v) is 14.3. The first-order valence-corrected chi connectivity index (χ1v) is 8.19. The molecular formula is C14H21ClN4O3S. The minimum atomic E-state index is -0.473. The third kappa shape index (κ3) is 4.72. The standard InChI is InChI=1S/C14H20N4O3S.ClH/c15-7-14-16-13(17-21-14)8-18-3-4-20-9-10(18)6-11(19)12-2-1-5-22-12;/h1-2,5,10-11,19H,3-4,6-9,15H2;1H. The van der Waals surface area contributed by atoms with E-state index in [0.29, 0.717) is 37.9 Å². The maximum atomic E-state index is 10.3. The van der Waals surface area contributed by atoms with Crippen LogP contribution >= 0.6 is 23.7 Å². The van der Waals surface area contributed by atoms with Crippen LogP contribution in [0.2, 0.25) is 0 Å². The van der Waals surface area contributed by atoms with Crippen molar-refractivity contribution in [3.05, 3.63) is 34.1 Å². The molecular weight excluding hydrogens is 340 g/mol. The molecule has 2 aromatic rings. The van der Waals surface area contributed by atoms with E-state index in [4.69, 9.17) is 15.0 Å². The van der Waals surface area contributed by atoms with Gasteiger partial charge in [-0.1, -0.05) is 11.2 Å². The number of aliphatic hydroxyl groups is 1. The summed E-state index contributed by atoms with van der Waals surface area (Å²) < 4.78 is 10.6. The highest BCUT2D eigenvalue weighted by atomic mass is 35.5. The Morgan fingerprint density at radius 1 is 1.52 bits per heavy atom. The summed E-state index contributed by atoms with van der Waals surface area (Å²) in [5.41, 5.74) is 5.48. The second-order valence-corrected chi connectivity index (χ2v) is 6.25. The SMILES string of the molecule is Cl.NCc1nc(CN2CCOCC2CC(O)c2cccs2)no1. The van der Waals surface area contributed by atoms with E-state index in [9.17, 15) is 5.11 Å². The van der Waals surface area contributed by atoms with Gasteiger partial charge in [-0.3, -0.25) is 4.90 Å². The highest BCUT2D eigenvalue weighted by Crippen LogP contribution is 2.26. The number of hydrogen-bond acceptors (Lipinski definition) is 8. The zero-order chi connectivity index (χ0) is 15.4. The van der Waals surface area contributed by atoms with Gasteiger partial charge in [0.05, 0.1) is 32.4 Å². The lowest BCUT2D eigenvalue weighted by Crippen LogP contribution is -2.45. The van der Waals surface area contributed by atoms with Crippen molar-refractivity contribution >= 4 is 23.7 Å². The molecule has 128 valence electrons. The average molecular weight is 361 g/mol. The van der Waals surface area contributed by atoms with Crippen molar-refractivity contribution in [2.45, 2.75) is 31.7 Å². The molecule has 1 aliphatic rings. The van der Waals surface area contributed by atoms with E-state index in [2.05, 4.69) is 15.0 Å². The fraction of sp³-hybridized carbons (Fsp3) is 0.571. The smallest absolute Gasteiger partial charge is 0.240 e. The van der Waals surface area contributed by atoms with Gasteiger partial charge in [0, 0.05) is 17.5 Å². The lowest BCUT2D eigenvalue weighted by atomic mass is 10.1. The number of rotatable bonds is 6. The predicted octanol–water partition coefficient (Wildman–Crippen LogP) is 1.34. The van der Waals surface area contributed by atoms with E-state index in [1.54, 1.807) is 11.3 Å². The van der Waals surface area contributed by atoms with Gasteiger partial charge in [0.15, 0.2) is 5.82 Å². The number of thiophene rings is 1. The molecule has 2 unspecified atom stereocenters. The first kappa shape index (κ1) is 18.3. The van der Waals surface area contributed by atoms with Crippen LogP contribution in [-0.2, 0) is 17.8 Å². The van der Waals surface area contributed by atoms with Crippen LogP contribution in [0.1, 0.15) is 29.1 Å². The number of aromatic nitrogens is 2. The van der Waals surface area contributed by atoms with Crippen LogP contribution in [0.25, 0.3) is 0 Å². The van der Waals surface area contributed by atoms with Gasteiger partial charge in [0.1, 0.15) is 0 Å². The molecule has 0 radical (unpaired) electrons. The van der Waals surface area contributed by atoms with Gasteiger partial charge in [-0.15, -0.1) is 23.7 Å². The quantitative estimate of drug-likeness (QED) is 0.802. The number of morpholine rings is 1. The van der Waals surface area contributed by atoms with Gasteiger partial charge in [0.2, 0.25) is 5.89 Å². The summed E-state index contributed by atoms with van der Waals surface area (Å²) in [5.74, 6) is 1.07. The molecule has 3 heterocycles. The van der Waals surface area contributed by atoms with Gasteiger partial charge < -0.3 is 20.1 Å². The highest BCUT2D eigenvalue weighted by Gasteiger charge is 2.27. The van der Waals surface area contributed by atoms with Gasteiger partial charge in [-0.2, -0.15) is 4.98 Å². The average Bonchev–Trinajstić information content (AvgIpc) is 3.20. The molecule has 0 bridgehead atoms. The Bertz CT molecular complexity index is 580. The number of aliphatic hydroxyl groups excluding tert-OH is 1. The number of nitrogens with two attached hydrogens (primary N) is 1. The molecule has 1 aliphatic heterocycles. The third-order valence-corrected chi connectivity index (χ3v) is 4.72. The topological polar surface area (TPSA) is 97.6 Å². The Labute approximate surface area is 144 Å². The zero-order valence-electron chi connectivity index (χ0n) is 12.6. The van der Waals surface area contributed by atoms with Crippen molar-refractivity contribution in [1.29, 1.82) is 0 Å². The van der Waals surface area contributed by atoms with Gasteiger partial charge in [-0.25, -0.2) is 0 Å². The van der Waals surface area contributed by atoms with Gasteiger partial charge in [-0.05, 0) is 17.9 Å². The molecule has 0 aromatic carbocycles. The minimum absolute atomic E-state index is 0. The fourth-order valence-corrected chi connectivity index (χ4v) is 3.31. The molecule has 2 aromatic heterocycles. The third-order valence-electron chi connectivity index (χ3n) is 3.75. The van der Waals surface area contributed by atoms with Gasteiger partial charge >= 0.3 is 0 Å². The summed E-state index contributed by atoms with van der Waals surface area (Å²) in [6.45, 7) is 2.89. The number of ether oxygens (including phenoxy) is 1. The van der Waals surface area contributed by atoms with Crippen molar-refractivity contribution in [3.63, 3.8) is 0 Å². The summed E-state index contributed by atoms with van der Waals surface area (Å²) in [6, 6.07) is 4.04. The fourth-order valence-electron chi connectivity index (χ4n) is 2.59. The van der Waals surface area contributed by atoms with E-state index >= 15 is 0 Å². The number of halogens is 1. The summed E-state index contributed by atoms with van der Waals surface area (Å²) in [5, 5.41) is 16.3. The molecule has 3 N–H and O–H groups in total. The summed E-state index contributed by atoms with van der Waals surface area (Å²) in [7, 11) is 0. The normalized spacial score (nSPS) is 20.2. The van der Waals surface area contributed by atoms with E-state index in [0.717, 1.165) is 11.4 Å². The first-order valence-electron chi connectivity index (χ1n) is 7.31. The van der Waals surface area contributed by atoms with Crippen molar-refractivity contribution in [2.75, 3.05) is 19.8 Å². The Balaban J connectivity index is 0.00000192. The van der Waals surface area contributed by atoms with E-state index in [1.807, 2.05) is 17.5 Å². The molecule has 7 nitrogen and oxygen atoms in total. The first-order chi connectivity index (χ1) is 10.8. The number of nitrogens with zero attached hydrogens (tertiary/aromatic N) is 3. The maximum Gasteiger partial charge on any atom is 0.240 e. The highest BCUT2D eigenvalue weighted by molar-refractivity contribution is 7.10. The van der Waals surface area contributed by atoms with Crippen molar-refractivity contribution in [1.82, 2.24) is 15.0 Å². The summed E-state index contributed by atoms with van der Waals surface area (Å²) >= 11 is 1.57. The number of hydrogen-bond donors (Lipinski definition) is 2. The lowest BCUT2D eigenvalue weighted by molar-refractivity contribution is -0.0308. The minimum Gasteiger partial charge on any atom is -0.388 e. The Hall–Kier alpha value is -1.03. The van der Waals surface area contributed by atoms with E-state index < -0.39 is 6.10 Å². The van der Waals surface area contributed by atoms with E-state index in [-0.39, 0.29) is 25.0 Å². The van der Waals surface area contributed by atoms with Crippen LogP contribution < -0.4 is 5.73 Å². The lowest BCUT2D eigenvalue weighted by Gasteiger charge is -2.35. The molecule has 9 heteroatoms.